The van der Waals surface area contributed by atoms with Crippen molar-refractivity contribution in [2.45, 2.75) is 30.9 Å². The van der Waals surface area contributed by atoms with Crippen LogP contribution >= 0.6 is 23.1 Å². The van der Waals surface area contributed by atoms with Crippen LogP contribution in [0.1, 0.15) is 18.3 Å². The molecule has 0 spiro atoms. The van der Waals surface area contributed by atoms with Crippen LogP contribution in [0.15, 0.2) is 41.0 Å². The summed E-state index contributed by atoms with van der Waals surface area (Å²) in [5.41, 5.74) is 1.07. The number of nitrogens with zero attached hydrogens (tertiary/aromatic N) is 4. The van der Waals surface area contributed by atoms with Crippen molar-refractivity contribution in [1.29, 1.82) is 0 Å². The Morgan fingerprint density at radius 1 is 1.38 bits per heavy atom. The van der Waals surface area contributed by atoms with Gasteiger partial charge in [-0.1, -0.05) is 30.0 Å². The number of carbonyl (C=O) groups is 1. The van der Waals surface area contributed by atoms with Gasteiger partial charge in [0.05, 0.1) is 5.25 Å². The van der Waals surface area contributed by atoms with Crippen molar-refractivity contribution in [3.8, 4) is 5.75 Å². The van der Waals surface area contributed by atoms with Crippen LogP contribution in [0.25, 0.3) is 0 Å². The molecule has 0 aliphatic carbocycles. The van der Waals surface area contributed by atoms with Gasteiger partial charge in [0, 0.05) is 18.6 Å². The predicted molar refractivity (Wildman–Crippen MR) is 103 cm³/mol. The molecule has 3 aromatic rings. The first-order chi connectivity index (χ1) is 12.5. The number of thioether (sulfide) groups is 1. The highest BCUT2D eigenvalue weighted by atomic mass is 32.2. The average molecular weight is 390 g/mol. The lowest BCUT2D eigenvalue weighted by Gasteiger charge is -2.11. The first-order valence-corrected chi connectivity index (χ1v) is 9.74. The largest absolute Gasteiger partial charge is 0.485 e. The Labute approximate surface area is 159 Å². The molecule has 2 heterocycles. The molecule has 1 aromatic carbocycles. The molecule has 1 atom stereocenters. The number of carbonyl (C=O) groups excluding carboxylic acids is 1. The van der Waals surface area contributed by atoms with Gasteiger partial charge in [-0.15, -0.1) is 21.5 Å². The molecular weight excluding hydrogens is 370 g/mol. The number of rotatable bonds is 7. The molecule has 0 aliphatic rings. The van der Waals surface area contributed by atoms with Gasteiger partial charge in [0.2, 0.25) is 5.91 Å². The number of nitrogens with one attached hydrogen (secondary N) is 1. The lowest BCUT2D eigenvalue weighted by atomic mass is 10.2. The SMILES string of the molecule is Cc1ccccc1OCc1nnc(SC(C)C(=O)Nc2nccs2)n1C. The molecule has 3 rings (SSSR count). The number of para-hydroxylation sites is 1. The molecule has 9 heteroatoms. The fourth-order valence-corrected chi connectivity index (χ4v) is 3.50. The van der Waals surface area contributed by atoms with E-state index in [2.05, 4.69) is 20.5 Å². The minimum Gasteiger partial charge on any atom is -0.485 e. The number of thiazole rings is 1. The van der Waals surface area contributed by atoms with E-state index in [9.17, 15) is 4.79 Å². The van der Waals surface area contributed by atoms with Gasteiger partial charge in [0.25, 0.3) is 0 Å². The molecule has 1 unspecified atom stereocenters. The van der Waals surface area contributed by atoms with E-state index in [1.165, 1.54) is 23.1 Å². The monoisotopic (exact) mass is 389 g/mol. The third-order valence-corrected chi connectivity index (χ3v) is 5.51. The number of ether oxygens (including phenoxy) is 1. The van der Waals surface area contributed by atoms with E-state index in [0.717, 1.165) is 11.3 Å². The van der Waals surface area contributed by atoms with Crippen LogP contribution in [0.3, 0.4) is 0 Å². The molecule has 7 nitrogen and oxygen atoms in total. The van der Waals surface area contributed by atoms with Gasteiger partial charge in [-0.2, -0.15) is 0 Å². The first-order valence-electron chi connectivity index (χ1n) is 7.98. The van der Waals surface area contributed by atoms with Crippen LogP contribution in [0.5, 0.6) is 5.75 Å². The molecule has 0 bridgehead atoms. The lowest BCUT2D eigenvalue weighted by molar-refractivity contribution is -0.115. The van der Waals surface area contributed by atoms with E-state index in [1.54, 1.807) is 6.20 Å². The second-order valence-corrected chi connectivity index (χ2v) is 7.80. The van der Waals surface area contributed by atoms with Gasteiger partial charge in [-0.3, -0.25) is 4.79 Å². The standard InChI is InChI=1S/C17H19N5O2S2/c1-11-6-4-5-7-13(11)24-10-14-20-21-17(22(14)3)26-12(2)15(23)19-16-18-8-9-25-16/h4-9,12H,10H2,1-3H3,(H,18,19,23). The van der Waals surface area contributed by atoms with Crippen LogP contribution in [-0.2, 0) is 18.4 Å². The summed E-state index contributed by atoms with van der Waals surface area (Å²) < 4.78 is 7.66. The Hall–Kier alpha value is -2.39. The summed E-state index contributed by atoms with van der Waals surface area (Å²) >= 11 is 2.73. The fraction of sp³-hybridized carbons (Fsp3) is 0.294. The summed E-state index contributed by atoms with van der Waals surface area (Å²) in [6, 6.07) is 7.82. The number of anilines is 1. The van der Waals surface area contributed by atoms with Crippen molar-refractivity contribution in [1.82, 2.24) is 19.7 Å². The van der Waals surface area contributed by atoms with E-state index in [4.69, 9.17) is 4.74 Å². The Morgan fingerprint density at radius 3 is 2.92 bits per heavy atom. The van der Waals surface area contributed by atoms with Crippen LogP contribution in [0, 0.1) is 6.92 Å². The number of amides is 1. The number of hydrogen-bond donors (Lipinski definition) is 1. The number of benzene rings is 1. The zero-order valence-corrected chi connectivity index (χ0v) is 16.3. The van der Waals surface area contributed by atoms with Crippen LogP contribution in [-0.4, -0.2) is 30.9 Å². The summed E-state index contributed by atoms with van der Waals surface area (Å²) in [5, 5.41) is 13.9. The van der Waals surface area contributed by atoms with Gasteiger partial charge in [0.1, 0.15) is 12.4 Å². The van der Waals surface area contributed by atoms with E-state index in [-0.39, 0.29) is 11.2 Å². The maximum Gasteiger partial charge on any atom is 0.239 e. The van der Waals surface area contributed by atoms with Crippen molar-refractivity contribution >= 4 is 34.1 Å². The quantitative estimate of drug-likeness (QED) is 0.625. The van der Waals surface area contributed by atoms with Crippen LogP contribution < -0.4 is 10.1 Å². The van der Waals surface area contributed by atoms with Crippen molar-refractivity contribution in [2.75, 3.05) is 5.32 Å². The van der Waals surface area contributed by atoms with Crippen molar-refractivity contribution in [3.63, 3.8) is 0 Å². The summed E-state index contributed by atoms with van der Waals surface area (Å²) in [4.78, 5) is 16.3. The normalized spacial score (nSPS) is 12.0. The topological polar surface area (TPSA) is 81.9 Å². The number of aryl methyl sites for hydroxylation is 1. The molecule has 0 saturated carbocycles. The van der Waals surface area contributed by atoms with E-state index < -0.39 is 0 Å². The highest BCUT2D eigenvalue weighted by Gasteiger charge is 2.19. The summed E-state index contributed by atoms with van der Waals surface area (Å²) in [6.45, 7) is 4.14. The van der Waals surface area contributed by atoms with Crippen molar-refractivity contribution in [3.05, 3.63) is 47.2 Å². The molecule has 26 heavy (non-hydrogen) atoms. The highest BCUT2D eigenvalue weighted by molar-refractivity contribution is 8.00. The van der Waals surface area contributed by atoms with Crippen LogP contribution in [0.2, 0.25) is 0 Å². The number of hydrogen-bond acceptors (Lipinski definition) is 7. The summed E-state index contributed by atoms with van der Waals surface area (Å²) in [5.74, 6) is 1.40. The van der Waals surface area contributed by atoms with Gasteiger partial charge in [-0.25, -0.2) is 4.98 Å². The molecule has 2 aromatic heterocycles. The zero-order valence-electron chi connectivity index (χ0n) is 14.7. The molecule has 1 amide bonds. The van der Waals surface area contributed by atoms with Crippen molar-refractivity contribution in [2.24, 2.45) is 7.05 Å². The smallest absolute Gasteiger partial charge is 0.239 e. The Balaban J connectivity index is 1.59. The third-order valence-electron chi connectivity index (χ3n) is 3.69. The highest BCUT2D eigenvalue weighted by Crippen LogP contribution is 2.24. The van der Waals surface area contributed by atoms with Gasteiger partial charge in [0.15, 0.2) is 16.1 Å². The van der Waals surface area contributed by atoms with Gasteiger partial charge >= 0.3 is 0 Å². The second-order valence-electron chi connectivity index (χ2n) is 5.60. The Morgan fingerprint density at radius 2 is 2.19 bits per heavy atom. The Bertz CT molecular complexity index is 879. The van der Waals surface area contributed by atoms with Gasteiger partial charge < -0.3 is 14.6 Å². The third kappa shape index (κ3) is 4.41. The fourth-order valence-electron chi connectivity index (χ4n) is 2.14. The van der Waals surface area contributed by atoms with Crippen LogP contribution in [0.4, 0.5) is 5.13 Å². The maximum atomic E-state index is 12.2. The molecule has 0 saturated heterocycles. The first kappa shape index (κ1) is 18.4. The maximum absolute atomic E-state index is 12.2. The molecular formula is C17H19N5O2S2. The predicted octanol–water partition coefficient (Wildman–Crippen LogP) is 3.28. The number of aromatic nitrogens is 4. The summed E-state index contributed by atoms with van der Waals surface area (Å²) in [6.07, 6.45) is 1.65. The minimum atomic E-state index is -0.327. The average Bonchev–Trinajstić information content (AvgIpc) is 3.25. The van der Waals surface area contributed by atoms with E-state index >= 15 is 0 Å². The van der Waals surface area contributed by atoms with Gasteiger partial charge in [-0.05, 0) is 25.5 Å². The zero-order chi connectivity index (χ0) is 18.5. The molecule has 0 radical (unpaired) electrons. The van der Waals surface area contributed by atoms with E-state index in [1.807, 2.05) is 55.1 Å². The molecule has 1 N–H and O–H groups in total. The molecule has 136 valence electrons. The molecule has 0 fully saturated rings. The second kappa shape index (κ2) is 8.33. The van der Waals surface area contributed by atoms with Crippen molar-refractivity contribution < 1.29 is 9.53 Å². The van der Waals surface area contributed by atoms with E-state index in [0.29, 0.717) is 22.7 Å². The molecule has 0 aliphatic heterocycles. The Kier molecular flexibility index (Phi) is 5.89. The minimum absolute atomic E-state index is 0.120. The lowest BCUT2D eigenvalue weighted by Crippen LogP contribution is -2.22. The summed E-state index contributed by atoms with van der Waals surface area (Å²) in [7, 11) is 1.87.